The summed E-state index contributed by atoms with van der Waals surface area (Å²) >= 11 is 7.79. The number of amides is 1. The highest BCUT2D eigenvalue weighted by Gasteiger charge is 2.24. The van der Waals surface area contributed by atoms with Crippen molar-refractivity contribution in [2.45, 2.75) is 21.2 Å². The Morgan fingerprint density at radius 2 is 2.11 bits per heavy atom. The van der Waals surface area contributed by atoms with Gasteiger partial charge in [0.1, 0.15) is 14.9 Å². The van der Waals surface area contributed by atoms with E-state index in [9.17, 15) is 13.2 Å². The molecule has 146 valence electrons. The summed E-state index contributed by atoms with van der Waals surface area (Å²) in [7, 11) is -3.85. The van der Waals surface area contributed by atoms with E-state index in [-0.39, 0.29) is 31.7 Å². The lowest BCUT2D eigenvalue weighted by Gasteiger charge is -2.07. The van der Waals surface area contributed by atoms with Gasteiger partial charge in [-0.05, 0) is 36.8 Å². The van der Waals surface area contributed by atoms with Crippen molar-refractivity contribution in [3.8, 4) is 0 Å². The average molecular weight is 455 g/mol. The van der Waals surface area contributed by atoms with Crippen molar-refractivity contribution in [2.24, 2.45) is 0 Å². The average Bonchev–Trinajstić information content (AvgIpc) is 3.07. The van der Waals surface area contributed by atoms with Crippen LogP contribution in [-0.2, 0) is 14.6 Å². The van der Waals surface area contributed by atoms with Crippen LogP contribution in [-0.4, -0.2) is 30.0 Å². The molecule has 0 fully saturated rings. The number of carbonyl (C=O) groups is 1. The maximum absolute atomic E-state index is 12.6. The summed E-state index contributed by atoms with van der Waals surface area (Å²) in [6.45, 7) is 1.93. The highest BCUT2D eigenvalue weighted by Crippen LogP contribution is 2.32. The minimum Gasteiger partial charge on any atom is -0.382 e. The summed E-state index contributed by atoms with van der Waals surface area (Å²) in [6.07, 6.45) is 1.14. The lowest BCUT2D eigenvalue weighted by molar-refractivity contribution is -0.113. The van der Waals surface area contributed by atoms with Gasteiger partial charge >= 0.3 is 0 Å². The van der Waals surface area contributed by atoms with Crippen LogP contribution in [0.2, 0.25) is 4.34 Å². The fourth-order valence-corrected chi connectivity index (χ4v) is 5.73. The highest BCUT2D eigenvalue weighted by molar-refractivity contribution is 7.99. The molecule has 2 heterocycles. The zero-order chi connectivity index (χ0) is 20.3. The van der Waals surface area contributed by atoms with Crippen molar-refractivity contribution < 1.29 is 13.2 Å². The first-order valence-electron chi connectivity index (χ1n) is 7.88. The van der Waals surface area contributed by atoms with Crippen molar-refractivity contribution in [1.82, 2.24) is 9.97 Å². The summed E-state index contributed by atoms with van der Waals surface area (Å²) in [5.41, 5.74) is 7.55. The number of anilines is 2. The van der Waals surface area contributed by atoms with Crippen LogP contribution in [0.25, 0.3) is 0 Å². The third-order valence-electron chi connectivity index (χ3n) is 3.50. The number of halogens is 1. The fraction of sp³-hybridized carbons (Fsp3) is 0.118. The van der Waals surface area contributed by atoms with Crippen LogP contribution in [0.5, 0.6) is 0 Å². The molecule has 28 heavy (non-hydrogen) atoms. The zero-order valence-electron chi connectivity index (χ0n) is 14.5. The van der Waals surface area contributed by atoms with Gasteiger partial charge in [0.25, 0.3) is 0 Å². The van der Waals surface area contributed by atoms with E-state index >= 15 is 0 Å². The lowest BCUT2D eigenvalue weighted by atomic mass is 10.2. The molecule has 0 aliphatic heterocycles. The van der Waals surface area contributed by atoms with Crippen LogP contribution in [0, 0.1) is 6.92 Å². The van der Waals surface area contributed by atoms with E-state index in [0.717, 1.165) is 34.9 Å². The van der Waals surface area contributed by atoms with Gasteiger partial charge in [0.15, 0.2) is 5.16 Å². The monoisotopic (exact) mass is 454 g/mol. The number of rotatable bonds is 6. The number of benzene rings is 1. The molecule has 1 aromatic carbocycles. The number of nitrogens with zero attached hydrogens (tertiary/aromatic N) is 2. The van der Waals surface area contributed by atoms with Crippen molar-refractivity contribution in [3.63, 3.8) is 0 Å². The number of carbonyl (C=O) groups excluding carboxylic acids is 1. The molecule has 0 atom stereocenters. The van der Waals surface area contributed by atoms with Gasteiger partial charge < -0.3 is 11.1 Å². The molecule has 0 aliphatic carbocycles. The maximum atomic E-state index is 12.6. The molecular formula is C17H15ClN4O3S3. The topological polar surface area (TPSA) is 115 Å². The first kappa shape index (κ1) is 20.6. The molecule has 0 aliphatic rings. The Bertz CT molecular complexity index is 1130. The van der Waals surface area contributed by atoms with Gasteiger partial charge in [0.05, 0.1) is 16.3 Å². The summed E-state index contributed by atoms with van der Waals surface area (Å²) in [5, 5.41) is 2.98. The summed E-state index contributed by atoms with van der Waals surface area (Å²) in [5.74, 6) is -0.358. The van der Waals surface area contributed by atoms with Crippen LogP contribution in [0.1, 0.15) is 5.56 Å². The Hall–Kier alpha value is -2.14. The molecule has 0 spiro atoms. The van der Waals surface area contributed by atoms with Crippen molar-refractivity contribution in [1.29, 1.82) is 0 Å². The number of sulfone groups is 1. The zero-order valence-corrected chi connectivity index (χ0v) is 17.8. The maximum Gasteiger partial charge on any atom is 0.234 e. The third kappa shape index (κ3) is 4.82. The number of nitrogen functional groups attached to an aromatic ring is 1. The smallest absolute Gasteiger partial charge is 0.234 e. The molecule has 0 unspecified atom stereocenters. The second-order valence-electron chi connectivity index (χ2n) is 5.67. The highest BCUT2D eigenvalue weighted by atomic mass is 35.5. The van der Waals surface area contributed by atoms with Crippen molar-refractivity contribution in [3.05, 3.63) is 52.5 Å². The van der Waals surface area contributed by atoms with Gasteiger partial charge in [-0.1, -0.05) is 35.5 Å². The number of nitrogens with two attached hydrogens (primary N) is 1. The Morgan fingerprint density at radius 1 is 1.32 bits per heavy atom. The number of hydrogen-bond donors (Lipinski definition) is 2. The lowest BCUT2D eigenvalue weighted by Crippen LogP contribution is -2.14. The Balaban J connectivity index is 1.68. The predicted molar refractivity (Wildman–Crippen MR) is 112 cm³/mol. The van der Waals surface area contributed by atoms with Crippen LogP contribution in [0.3, 0.4) is 0 Å². The third-order valence-corrected chi connectivity index (χ3v) is 7.85. The number of thiophene rings is 1. The van der Waals surface area contributed by atoms with Gasteiger partial charge in [-0.3, -0.25) is 4.79 Å². The second kappa shape index (κ2) is 8.48. The second-order valence-corrected chi connectivity index (χ2v) is 10.5. The van der Waals surface area contributed by atoms with E-state index in [0.29, 0.717) is 10.0 Å². The number of thioether (sulfide) groups is 1. The largest absolute Gasteiger partial charge is 0.382 e. The Kier molecular flexibility index (Phi) is 6.23. The van der Waals surface area contributed by atoms with Gasteiger partial charge in [0.2, 0.25) is 15.7 Å². The van der Waals surface area contributed by atoms with E-state index in [1.54, 1.807) is 6.07 Å². The Labute approximate surface area is 175 Å². The molecule has 0 saturated carbocycles. The summed E-state index contributed by atoms with van der Waals surface area (Å²) in [6, 6.07) is 10.3. The number of aromatic nitrogens is 2. The van der Waals surface area contributed by atoms with Crippen molar-refractivity contribution in [2.75, 3.05) is 16.8 Å². The Morgan fingerprint density at radius 3 is 2.75 bits per heavy atom. The number of aryl methyl sites for hydroxylation is 1. The molecule has 2 aromatic heterocycles. The first-order chi connectivity index (χ1) is 13.3. The van der Waals surface area contributed by atoms with Crippen LogP contribution in [0.4, 0.5) is 11.5 Å². The summed E-state index contributed by atoms with van der Waals surface area (Å²) in [4.78, 5) is 19.9. The van der Waals surface area contributed by atoms with Crippen molar-refractivity contribution >= 4 is 61.9 Å². The van der Waals surface area contributed by atoms with E-state index < -0.39 is 9.84 Å². The number of nitrogens with one attached hydrogen (secondary N) is 1. The molecule has 3 rings (SSSR count). The van der Waals surface area contributed by atoms with Gasteiger partial charge in [-0.2, -0.15) is 0 Å². The molecule has 1 amide bonds. The molecular weight excluding hydrogens is 440 g/mol. The first-order valence-corrected chi connectivity index (χ1v) is 11.5. The molecule has 3 N–H and O–H groups in total. The number of hydrogen-bond acceptors (Lipinski definition) is 8. The van der Waals surface area contributed by atoms with E-state index in [1.807, 2.05) is 25.1 Å². The fourth-order valence-electron chi connectivity index (χ4n) is 2.24. The molecule has 3 aromatic rings. The molecule has 0 saturated heterocycles. The van der Waals surface area contributed by atoms with Crippen LogP contribution >= 0.6 is 34.7 Å². The van der Waals surface area contributed by atoms with Gasteiger partial charge in [0, 0.05) is 5.69 Å². The normalized spacial score (nSPS) is 11.4. The standard InChI is InChI=1S/C17H15ClN4O3S3/c1-10-3-2-4-11(7-10)21-14(23)9-26-17-20-8-12(16(19)22-17)28(24,25)15-6-5-13(18)27-15/h2-8H,9H2,1H3,(H,21,23)(H2,19,20,22). The van der Waals surface area contributed by atoms with E-state index in [4.69, 9.17) is 17.3 Å². The SMILES string of the molecule is Cc1cccc(NC(=O)CSc2ncc(S(=O)(=O)c3ccc(Cl)s3)c(N)n2)c1. The molecule has 11 heteroatoms. The predicted octanol–water partition coefficient (Wildman–Crippen LogP) is 3.65. The summed E-state index contributed by atoms with van der Waals surface area (Å²) < 4.78 is 25.6. The van der Waals surface area contributed by atoms with Gasteiger partial charge in [-0.25, -0.2) is 18.4 Å². The minimum absolute atomic E-state index is 0.0556. The van der Waals surface area contributed by atoms with E-state index in [2.05, 4.69) is 15.3 Å². The molecule has 0 radical (unpaired) electrons. The van der Waals surface area contributed by atoms with Crippen LogP contribution in [0.15, 0.2) is 56.9 Å². The molecule has 0 bridgehead atoms. The quantitative estimate of drug-likeness (QED) is 0.431. The van der Waals surface area contributed by atoms with Crippen LogP contribution < -0.4 is 11.1 Å². The molecule has 7 nitrogen and oxygen atoms in total. The van der Waals surface area contributed by atoms with E-state index in [1.165, 1.54) is 12.1 Å². The minimum atomic E-state index is -3.85. The van der Waals surface area contributed by atoms with Gasteiger partial charge in [-0.15, -0.1) is 11.3 Å².